The summed E-state index contributed by atoms with van der Waals surface area (Å²) in [5.74, 6) is 1.85. The van der Waals surface area contributed by atoms with Crippen molar-refractivity contribution < 1.29 is 18.6 Å². The molecule has 1 N–H and O–H groups in total. The van der Waals surface area contributed by atoms with Crippen molar-refractivity contribution in [3.63, 3.8) is 0 Å². The zero-order chi connectivity index (χ0) is 26.3. The van der Waals surface area contributed by atoms with Crippen molar-refractivity contribution in [3.05, 3.63) is 83.4 Å². The highest BCUT2D eigenvalue weighted by Gasteiger charge is 2.51. The van der Waals surface area contributed by atoms with E-state index in [0.717, 1.165) is 47.7 Å². The molecule has 4 heterocycles. The second-order valence-electron chi connectivity index (χ2n) is 10.4. The predicted molar refractivity (Wildman–Crippen MR) is 143 cm³/mol. The van der Waals surface area contributed by atoms with E-state index in [1.807, 2.05) is 54.1 Å². The number of morpholine rings is 1. The molecule has 0 saturated carbocycles. The van der Waals surface area contributed by atoms with E-state index in [2.05, 4.69) is 22.2 Å². The second-order valence-corrected chi connectivity index (χ2v) is 10.4. The summed E-state index contributed by atoms with van der Waals surface area (Å²) in [6.45, 7) is 6.56. The molecule has 9 heteroatoms. The van der Waals surface area contributed by atoms with Crippen molar-refractivity contribution in [1.29, 1.82) is 0 Å². The number of hydrogen-bond donors (Lipinski definition) is 1. The second kappa shape index (κ2) is 9.47. The van der Waals surface area contributed by atoms with E-state index < -0.39 is 11.1 Å². The predicted octanol–water partition coefficient (Wildman–Crippen LogP) is 4.38. The third kappa shape index (κ3) is 4.30. The summed E-state index contributed by atoms with van der Waals surface area (Å²) < 4.78 is 34.1. The van der Waals surface area contributed by atoms with Gasteiger partial charge in [0.15, 0.2) is 11.6 Å². The Bertz CT molecular complexity index is 1390. The molecule has 0 amide bonds. The standard InChI is InChI=1S/C29H32FN5O3/c1-20-15-34(19-31-20)24-10-5-21(13-25(24)36-3)14-26-27-33-32-16-28(2,22-6-8-23(30)9-7-22)35(27)17-29(38-26)11-4-12-37-18-29/h5-10,13-15,19,32H,4,11-12,16-18H2,1-3H3/b26-14-. The number of ether oxygens (including phenoxy) is 3. The average molecular weight is 518 g/mol. The van der Waals surface area contributed by atoms with Crippen molar-refractivity contribution in [3.8, 4) is 11.4 Å². The number of aromatic nitrogens is 2. The molecule has 3 aliphatic heterocycles. The molecule has 2 fully saturated rings. The molecule has 3 aromatic rings. The first-order valence-electron chi connectivity index (χ1n) is 12.9. The van der Waals surface area contributed by atoms with E-state index in [4.69, 9.17) is 19.3 Å². The first kappa shape index (κ1) is 24.5. The topological polar surface area (TPSA) is 73.1 Å². The van der Waals surface area contributed by atoms with E-state index in [1.165, 1.54) is 12.1 Å². The Morgan fingerprint density at radius 3 is 2.74 bits per heavy atom. The zero-order valence-corrected chi connectivity index (χ0v) is 21.9. The molecule has 0 bridgehead atoms. The molecule has 0 aliphatic carbocycles. The molecule has 3 aliphatic rings. The fourth-order valence-corrected chi connectivity index (χ4v) is 5.59. The van der Waals surface area contributed by atoms with Crippen molar-refractivity contribution >= 4 is 11.9 Å². The minimum absolute atomic E-state index is 0.252. The van der Waals surface area contributed by atoms with Crippen LogP contribution >= 0.6 is 0 Å². The van der Waals surface area contributed by atoms with Crippen molar-refractivity contribution in [1.82, 2.24) is 19.9 Å². The van der Waals surface area contributed by atoms with Crippen LogP contribution in [0.5, 0.6) is 5.75 Å². The maximum Gasteiger partial charge on any atom is 0.191 e. The smallest absolute Gasteiger partial charge is 0.191 e. The molecule has 2 unspecified atom stereocenters. The van der Waals surface area contributed by atoms with Crippen LogP contribution in [-0.4, -0.2) is 59.3 Å². The van der Waals surface area contributed by atoms with E-state index in [0.29, 0.717) is 31.3 Å². The number of fused-ring (bicyclic) bond motifs is 1. The third-order valence-corrected chi connectivity index (χ3v) is 7.70. The van der Waals surface area contributed by atoms with Crippen LogP contribution in [0.1, 0.15) is 36.6 Å². The monoisotopic (exact) mass is 517 g/mol. The number of nitrogens with one attached hydrogen (secondary N) is 1. The van der Waals surface area contributed by atoms with Gasteiger partial charge in [-0.2, -0.15) is 5.10 Å². The number of hydrazone groups is 1. The van der Waals surface area contributed by atoms with Crippen LogP contribution in [0, 0.1) is 12.7 Å². The number of aryl methyl sites for hydroxylation is 1. The fourth-order valence-electron chi connectivity index (χ4n) is 5.59. The Morgan fingerprint density at radius 2 is 2.03 bits per heavy atom. The Kier molecular flexibility index (Phi) is 6.10. The lowest BCUT2D eigenvalue weighted by molar-refractivity contribution is -0.127. The van der Waals surface area contributed by atoms with Gasteiger partial charge in [0.1, 0.15) is 17.2 Å². The third-order valence-electron chi connectivity index (χ3n) is 7.70. The van der Waals surface area contributed by atoms with Crippen LogP contribution in [0.4, 0.5) is 4.39 Å². The summed E-state index contributed by atoms with van der Waals surface area (Å²) in [7, 11) is 1.66. The van der Waals surface area contributed by atoms with Crippen LogP contribution in [0.3, 0.4) is 0 Å². The van der Waals surface area contributed by atoms with Gasteiger partial charge in [0.05, 0.1) is 50.1 Å². The summed E-state index contributed by atoms with van der Waals surface area (Å²) in [4.78, 5) is 6.63. The van der Waals surface area contributed by atoms with E-state index in [9.17, 15) is 4.39 Å². The Morgan fingerprint density at radius 1 is 1.18 bits per heavy atom. The van der Waals surface area contributed by atoms with E-state index in [1.54, 1.807) is 13.4 Å². The lowest BCUT2D eigenvalue weighted by Crippen LogP contribution is -2.66. The molecule has 38 heavy (non-hydrogen) atoms. The van der Waals surface area contributed by atoms with Crippen LogP contribution in [0.2, 0.25) is 0 Å². The molecule has 8 nitrogen and oxygen atoms in total. The lowest BCUT2D eigenvalue weighted by Gasteiger charge is -2.54. The van der Waals surface area contributed by atoms with Crippen molar-refractivity contribution in [2.75, 3.05) is 33.4 Å². The highest BCUT2D eigenvalue weighted by atomic mass is 19.1. The molecule has 2 aromatic carbocycles. The average Bonchev–Trinajstić information content (AvgIpc) is 3.36. The molecule has 0 radical (unpaired) electrons. The SMILES string of the molecule is COc1cc(/C=C2\OC3(CCCOC3)CN3C2=NNCC3(C)c2ccc(F)cc2)ccc1-n1cnc(C)c1. The summed E-state index contributed by atoms with van der Waals surface area (Å²) >= 11 is 0. The van der Waals surface area contributed by atoms with Crippen LogP contribution < -0.4 is 10.2 Å². The van der Waals surface area contributed by atoms with Gasteiger partial charge in [-0.3, -0.25) is 0 Å². The molecule has 2 saturated heterocycles. The van der Waals surface area contributed by atoms with Gasteiger partial charge in [0.2, 0.25) is 0 Å². The first-order chi connectivity index (χ1) is 18.4. The number of nitrogens with zero attached hydrogens (tertiary/aromatic N) is 4. The van der Waals surface area contributed by atoms with Gasteiger partial charge < -0.3 is 29.1 Å². The molecular formula is C29H32FN5O3. The summed E-state index contributed by atoms with van der Waals surface area (Å²) in [6, 6.07) is 12.8. The van der Waals surface area contributed by atoms with Crippen molar-refractivity contribution in [2.45, 2.75) is 37.8 Å². The lowest BCUT2D eigenvalue weighted by atomic mass is 9.84. The van der Waals surface area contributed by atoms with Gasteiger partial charge in [0, 0.05) is 12.8 Å². The summed E-state index contributed by atoms with van der Waals surface area (Å²) in [5.41, 5.74) is 6.02. The maximum atomic E-state index is 13.8. The highest BCUT2D eigenvalue weighted by Crippen LogP contribution is 2.41. The number of benzene rings is 2. The largest absolute Gasteiger partial charge is 0.495 e. The van der Waals surface area contributed by atoms with Gasteiger partial charge in [-0.05, 0) is 68.2 Å². The number of halogens is 1. The van der Waals surface area contributed by atoms with Gasteiger partial charge in [-0.25, -0.2) is 9.37 Å². The van der Waals surface area contributed by atoms with Crippen LogP contribution in [-0.2, 0) is 15.0 Å². The Hall–Kier alpha value is -3.85. The van der Waals surface area contributed by atoms with Gasteiger partial charge >= 0.3 is 0 Å². The zero-order valence-electron chi connectivity index (χ0n) is 21.9. The number of imidazole rings is 1. The molecule has 6 rings (SSSR count). The minimum atomic E-state index is -0.500. The maximum absolute atomic E-state index is 13.8. The van der Waals surface area contributed by atoms with Gasteiger partial charge in [-0.1, -0.05) is 18.2 Å². The molecule has 1 spiro atoms. The van der Waals surface area contributed by atoms with Crippen molar-refractivity contribution in [2.24, 2.45) is 5.10 Å². The van der Waals surface area contributed by atoms with Crippen LogP contribution in [0.25, 0.3) is 11.8 Å². The summed E-state index contributed by atoms with van der Waals surface area (Å²) in [5, 5.41) is 4.70. The van der Waals surface area contributed by atoms with E-state index >= 15 is 0 Å². The summed E-state index contributed by atoms with van der Waals surface area (Å²) in [6.07, 6.45) is 7.54. The van der Waals surface area contributed by atoms with E-state index in [-0.39, 0.29) is 5.82 Å². The normalized spacial score (nSPS) is 25.9. The van der Waals surface area contributed by atoms with Crippen LogP contribution in [0.15, 0.2) is 65.8 Å². The van der Waals surface area contributed by atoms with Gasteiger partial charge in [-0.15, -0.1) is 0 Å². The number of methoxy groups -OCH3 is 1. The first-order valence-corrected chi connectivity index (χ1v) is 12.9. The quantitative estimate of drug-likeness (QED) is 0.554. The Balaban J connectivity index is 1.42. The number of amidine groups is 1. The molecule has 1 aromatic heterocycles. The minimum Gasteiger partial charge on any atom is -0.495 e. The highest BCUT2D eigenvalue weighted by molar-refractivity contribution is 6.02. The number of hydrogen-bond acceptors (Lipinski definition) is 7. The molecule has 198 valence electrons. The molecular weight excluding hydrogens is 485 g/mol. The molecule has 2 atom stereocenters. The number of rotatable bonds is 4. The Labute approximate surface area is 221 Å². The fraction of sp³-hybridized carbons (Fsp3) is 0.379. The van der Waals surface area contributed by atoms with Gasteiger partial charge in [0.25, 0.3) is 0 Å².